The maximum Gasteiger partial charge on any atom is 0.252 e. The van der Waals surface area contributed by atoms with Crippen LogP contribution in [0.3, 0.4) is 0 Å². The highest BCUT2D eigenvalue weighted by Crippen LogP contribution is 2.26. The molecule has 0 aliphatic carbocycles. The Morgan fingerprint density at radius 3 is 2.89 bits per heavy atom. The van der Waals surface area contributed by atoms with Crippen molar-refractivity contribution in [3.05, 3.63) is 52.8 Å². The van der Waals surface area contributed by atoms with Crippen LogP contribution in [0, 0.1) is 5.92 Å². The zero-order chi connectivity index (χ0) is 19.6. The van der Waals surface area contributed by atoms with Gasteiger partial charge in [-0.15, -0.1) is 6.58 Å². The minimum absolute atomic E-state index is 0.119. The minimum atomic E-state index is -3.66. The second-order valence-corrected chi connectivity index (χ2v) is 8.80. The van der Waals surface area contributed by atoms with Crippen molar-refractivity contribution in [3.63, 3.8) is 0 Å². The third-order valence-corrected chi connectivity index (χ3v) is 6.58. The Bertz CT molecular complexity index is 1040. The normalized spacial score (nSPS) is 18.3. The molecule has 2 N–H and O–H groups in total. The van der Waals surface area contributed by atoms with Crippen molar-refractivity contribution in [2.24, 2.45) is 5.92 Å². The molecule has 7 nitrogen and oxygen atoms in total. The SMILES string of the molecule is C=CCNC(=O)c1cc(=O)[nH]c2ccc(S(=O)(=O)N3CCC[C@H](C)C3)cc12. The summed E-state index contributed by atoms with van der Waals surface area (Å²) in [6.45, 7) is 6.80. The van der Waals surface area contributed by atoms with Crippen LogP contribution in [0.5, 0.6) is 0 Å². The van der Waals surface area contributed by atoms with Gasteiger partial charge in [0, 0.05) is 36.6 Å². The fourth-order valence-corrected chi connectivity index (χ4v) is 4.98. The number of aromatic amines is 1. The molecule has 1 saturated heterocycles. The quantitative estimate of drug-likeness (QED) is 0.763. The molecule has 3 rings (SSSR count). The van der Waals surface area contributed by atoms with E-state index in [0.717, 1.165) is 12.8 Å². The summed E-state index contributed by atoms with van der Waals surface area (Å²) in [6, 6.07) is 5.64. The highest BCUT2D eigenvalue weighted by molar-refractivity contribution is 7.89. The number of hydrogen-bond acceptors (Lipinski definition) is 4. The summed E-state index contributed by atoms with van der Waals surface area (Å²) in [5.74, 6) is -0.141. The van der Waals surface area contributed by atoms with Crippen molar-refractivity contribution in [3.8, 4) is 0 Å². The van der Waals surface area contributed by atoms with Crippen molar-refractivity contribution < 1.29 is 13.2 Å². The summed E-state index contributed by atoms with van der Waals surface area (Å²) in [7, 11) is -3.66. The highest BCUT2D eigenvalue weighted by atomic mass is 32.2. The lowest BCUT2D eigenvalue weighted by molar-refractivity contribution is 0.0959. The minimum Gasteiger partial charge on any atom is -0.349 e. The molecule has 0 saturated carbocycles. The summed E-state index contributed by atoms with van der Waals surface area (Å²) in [5, 5.41) is 3.02. The first-order valence-corrected chi connectivity index (χ1v) is 10.3. The van der Waals surface area contributed by atoms with Crippen LogP contribution in [0.1, 0.15) is 30.1 Å². The third-order valence-electron chi connectivity index (χ3n) is 4.72. The van der Waals surface area contributed by atoms with Gasteiger partial charge in [0.15, 0.2) is 0 Å². The first kappa shape index (κ1) is 19.3. The molecule has 0 spiro atoms. The number of H-pyrrole nitrogens is 1. The number of carbonyl (C=O) groups excluding carboxylic acids is 1. The molecule has 1 aromatic heterocycles. The van der Waals surface area contributed by atoms with E-state index in [-0.39, 0.29) is 17.0 Å². The summed E-state index contributed by atoms with van der Waals surface area (Å²) >= 11 is 0. The number of rotatable bonds is 5. The van der Waals surface area contributed by atoms with Gasteiger partial charge in [0.1, 0.15) is 0 Å². The number of benzene rings is 1. The van der Waals surface area contributed by atoms with Crippen LogP contribution in [-0.2, 0) is 10.0 Å². The molecular formula is C19H23N3O4S. The number of carbonyl (C=O) groups is 1. The second kappa shape index (κ2) is 7.66. The molecule has 0 bridgehead atoms. The predicted octanol–water partition coefficient (Wildman–Crippen LogP) is 1.86. The van der Waals surface area contributed by atoms with E-state index >= 15 is 0 Å². The van der Waals surface area contributed by atoms with Crippen LogP contribution in [0.25, 0.3) is 10.9 Å². The van der Waals surface area contributed by atoms with E-state index in [1.54, 1.807) is 0 Å². The highest BCUT2D eigenvalue weighted by Gasteiger charge is 2.29. The molecule has 27 heavy (non-hydrogen) atoms. The first-order valence-electron chi connectivity index (χ1n) is 8.89. The standard InChI is InChI=1S/C19H23N3O4S/c1-3-8-20-19(24)16-11-18(23)21-17-7-6-14(10-15(16)17)27(25,26)22-9-4-5-13(2)12-22/h3,6-7,10-11,13H,1,4-5,8-9,12H2,2H3,(H,20,24)(H,21,23)/t13-/m0/s1. The molecule has 1 atom stereocenters. The maximum atomic E-state index is 13.0. The topological polar surface area (TPSA) is 99.3 Å². The van der Waals surface area contributed by atoms with Gasteiger partial charge in [0.25, 0.3) is 5.91 Å². The number of piperidine rings is 1. The predicted molar refractivity (Wildman–Crippen MR) is 104 cm³/mol. The smallest absolute Gasteiger partial charge is 0.252 e. The number of nitrogens with zero attached hydrogens (tertiary/aromatic N) is 1. The van der Waals surface area contributed by atoms with Gasteiger partial charge in [-0.25, -0.2) is 8.42 Å². The van der Waals surface area contributed by atoms with Crippen LogP contribution in [0.15, 0.2) is 46.6 Å². The van der Waals surface area contributed by atoms with Crippen molar-refractivity contribution >= 4 is 26.8 Å². The van der Waals surface area contributed by atoms with E-state index in [9.17, 15) is 18.0 Å². The second-order valence-electron chi connectivity index (χ2n) is 6.86. The van der Waals surface area contributed by atoms with Gasteiger partial charge in [-0.2, -0.15) is 4.31 Å². The zero-order valence-corrected chi connectivity index (χ0v) is 16.0. The number of amides is 1. The van der Waals surface area contributed by atoms with Crippen molar-refractivity contribution in [2.45, 2.75) is 24.7 Å². The summed E-state index contributed by atoms with van der Waals surface area (Å²) in [5.41, 5.74) is 0.128. The third kappa shape index (κ3) is 3.96. The molecule has 144 valence electrons. The Labute approximate surface area is 158 Å². The average molecular weight is 389 g/mol. The lowest BCUT2D eigenvalue weighted by Crippen LogP contribution is -2.39. The Morgan fingerprint density at radius 1 is 1.41 bits per heavy atom. The van der Waals surface area contributed by atoms with E-state index in [0.29, 0.717) is 29.9 Å². The lowest BCUT2D eigenvalue weighted by atomic mass is 10.0. The van der Waals surface area contributed by atoms with Gasteiger partial charge in [-0.1, -0.05) is 13.0 Å². The van der Waals surface area contributed by atoms with Crippen molar-refractivity contribution in [2.75, 3.05) is 19.6 Å². The van der Waals surface area contributed by atoms with Gasteiger partial charge >= 0.3 is 0 Å². The largest absolute Gasteiger partial charge is 0.349 e. The van der Waals surface area contributed by atoms with Gasteiger partial charge in [0.2, 0.25) is 15.6 Å². The van der Waals surface area contributed by atoms with Crippen molar-refractivity contribution in [1.82, 2.24) is 14.6 Å². The van der Waals surface area contributed by atoms with Gasteiger partial charge < -0.3 is 10.3 Å². The molecule has 8 heteroatoms. The van der Waals surface area contributed by atoms with Crippen LogP contribution in [0.2, 0.25) is 0 Å². The zero-order valence-electron chi connectivity index (χ0n) is 15.2. The van der Waals surface area contributed by atoms with E-state index in [1.807, 2.05) is 6.92 Å². The van der Waals surface area contributed by atoms with Crippen LogP contribution in [-0.4, -0.2) is 43.2 Å². The van der Waals surface area contributed by atoms with Crippen LogP contribution in [0.4, 0.5) is 0 Å². The monoisotopic (exact) mass is 389 g/mol. The molecule has 1 aliphatic heterocycles. The lowest BCUT2D eigenvalue weighted by Gasteiger charge is -2.30. The fraction of sp³-hybridized carbons (Fsp3) is 0.368. The van der Waals surface area contributed by atoms with E-state index in [1.165, 1.54) is 34.6 Å². The summed E-state index contributed by atoms with van der Waals surface area (Å²) in [6.07, 6.45) is 3.37. The Kier molecular flexibility index (Phi) is 5.48. The molecule has 1 fully saturated rings. The number of hydrogen-bond donors (Lipinski definition) is 2. The average Bonchev–Trinajstić information content (AvgIpc) is 2.65. The van der Waals surface area contributed by atoms with E-state index in [4.69, 9.17) is 0 Å². The Morgan fingerprint density at radius 2 is 2.19 bits per heavy atom. The molecule has 0 unspecified atom stereocenters. The van der Waals surface area contributed by atoms with Gasteiger partial charge in [-0.3, -0.25) is 9.59 Å². The summed E-state index contributed by atoms with van der Waals surface area (Å²) in [4.78, 5) is 27.0. The number of aromatic nitrogens is 1. The fourth-order valence-electron chi connectivity index (χ4n) is 3.35. The molecular weight excluding hydrogens is 366 g/mol. The summed E-state index contributed by atoms with van der Waals surface area (Å²) < 4.78 is 27.6. The molecule has 1 aromatic carbocycles. The molecule has 1 amide bonds. The van der Waals surface area contributed by atoms with E-state index in [2.05, 4.69) is 16.9 Å². The number of nitrogens with one attached hydrogen (secondary N) is 2. The number of pyridine rings is 1. The van der Waals surface area contributed by atoms with E-state index < -0.39 is 21.5 Å². The van der Waals surface area contributed by atoms with Crippen LogP contribution < -0.4 is 10.9 Å². The van der Waals surface area contributed by atoms with Crippen molar-refractivity contribution in [1.29, 1.82) is 0 Å². The molecule has 1 aliphatic rings. The molecule has 2 heterocycles. The molecule has 0 radical (unpaired) electrons. The number of sulfonamides is 1. The van der Waals surface area contributed by atoms with Crippen LogP contribution >= 0.6 is 0 Å². The van der Waals surface area contributed by atoms with Gasteiger partial charge in [0.05, 0.1) is 10.5 Å². The Balaban J connectivity index is 2.08. The first-order chi connectivity index (χ1) is 12.8. The maximum absolute atomic E-state index is 13.0. The van der Waals surface area contributed by atoms with Gasteiger partial charge in [-0.05, 0) is 37.0 Å². The Hall–Kier alpha value is -2.45. The molecule has 2 aromatic rings. The number of fused-ring (bicyclic) bond motifs is 1.